The van der Waals surface area contributed by atoms with Crippen molar-refractivity contribution in [3.8, 4) is 0 Å². The van der Waals surface area contributed by atoms with Crippen LogP contribution in [0.2, 0.25) is 5.02 Å². The first-order valence-corrected chi connectivity index (χ1v) is 8.92. The zero-order valence-corrected chi connectivity index (χ0v) is 13.6. The second-order valence-corrected chi connectivity index (χ2v) is 7.23. The van der Waals surface area contributed by atoms with Gasteiger partial charge in [-0.1, -0.05) is 18.5 Å². The fraction of sp³-hybridized carbons (Fsp3) is 0.357. The van der Waals surface area contributed by atoms with Crippen molar-refractivity contribution >= 4 is 27.1 Å². The zero-order valence-electron chi connectivity index (χ0n) is 12.0. The Morgan fingerprint density at radius 1 is 1.38 bits per heavy atom. The lowest BCUT2D eigenvalue weighted by Crippen LogP contribution is -2.09. The highest BCUT2D eigenvalue weighted by molar-refractivity contribution is 7.90. The number of nitrogens with zero attached hydrogens (tertiary/aromatic N) is 2. The van der Waals surface area contributed by atoms with E-state index in [0.717, 1.165) is 18.8 Å². The van der Waals surface area contributed by atoms with Gasteiger partial charge in [0.1, 0.15) is 5.82 Å². The summed E-state index contributed by atoms with van der Waals surface area (Å²) in [6, 6.07) is 4.63. The molecule has 7 heteroatoms. The second-order valence-electron chi connectivity index (χ2n) is 4.80. The molecule has 1 aromatic carbocycles. The van der Waals surface area contributed by atoms with E-state index in [1.165, 1.54) is 12.3 Å². The minimum absolute atomic E-state index is 0.242. The van der Waals surface area contributed by atoms with Gasteiger partial charge in [-0.2, -0.15) is 0 Å². The van der Waals surface area contributed by atoms with Crippen molar-refractivity contribution in [2.24, 2.45) is 0 Å². The van der Waals surface area contributed by atoms with E-state index in [2.05, 4.69) is 21.8 Å². The fourth-order valence-corrected chi connectivity index (χ4v) is 2.83. The van der Waals surface area contributed by atoms with Crippen LogP contribution in [0.15, 0.2) is 35.5 Å². The number of hydrogen-bond donors (Lipinski definition) is 1. The van der Waals surface area contributed by atoms with E-state index >= 15 is 0 Å². The predicted octanol–water partition coefficient (Wildman–Crippen LogP) is 2.96. The van der Waals surface area contributed by atoms with Gasteiger partial charge in [0.05, 0.1) is 22.2 Å². The average Bonchev–Trinajstić information content (AvgIpc) is 2.84. The van der Waals surface area contributed by atoms with Crippen molar-refractivity contribution in [1.29, 1.82) is 0 Å². The highest BCUT2D eigenvalue weighted by Crippen LogP contribution is 2.25. The third-order valence-corrected chi connectivity index (χ3v) is 4.51. The third kappa shape index (κ3) is 3.98. The summed E-state index contributed by atoms with van der Waals surface area (Å²) >= 11 is 6.10. The molecule has 21 heavy (non-hydrogen) atoms. The molecule has 0 aliphatic heterocycles. The molecule has 0 aliphatic carbocycles. The zero-order chi connectivity index (χ0) is 15.5. The first kappa shape index (κ1) is 15.9. The smallest absolute Gasteiger partial charge is 0.175 e. The maximum absolute atomic E-state index is 11.6. The molecule has 1 N–H and O–H groups in total. The van der Waals surface area contributed by atoms with Gasteiger partial charge in [0.25, 0.3) is 0 Å². The monoisotopic (exact) mass is 327 g/mol. The van der Waals surface area contributed by atoms with Crippen LogP contribution in [0.1, 0.15) is 19.2 Å². The highest BCUT2D eigenvalue weighted by atomic mass is 35.5. The molecule has 2 aromatic rings. The molecule has 1 aromatic heterocycles. The van der Waals surface area contributed by atoms with Crippen molar-refractivity contribution in [3.05, 3.63) is 41.4 Å². The SMILES string of the molecule is CCCn1ccnc1CNc1cc(S(C)(=O)=O)ccc1Cl. The number of anilines is 1. The van der Waals surface area contributed by atoms with Gasteiger partial charge < -0.3 is 9.88 Å². The van der Waals surface area contributed by atoms with Gasteiger partial charge in [-0.25, -0.2) is 13.4 Å². The minimum atomic E-state index is -3.25. The summed E-state index contributed by atoms with van der Waals surface area (Å²) in [6.07, 6.45) is 5.87. The number of aromatic nitrogens is 2. The molecular weight excluding hydrogens is 310 g/mol. The van der Waals surface area contributed by atoms with Crippen LogP contribution in [0.4, 0.5) is 5.69 Å². The van der Waals surface area contributed by atoms with Crippen molar-refractivity contribution < 1.29 is 8.42 Å². The van der Waals surface area contributed by atoms with Crippen molar-refractivity contribution in [1.82, 2.24) is 9.55 Å². The number of aryl methyl sites for hydroxylation is 1. The molecule has 5 nitrogen and oxygen atoms in total. The Kier molecular flexibility index (Phi) is 4.90. The van der Waals surface area contributed by atoms with Crippen LogP contribution in [0.5, 0.6) is 0 Å². The maximum atomic E-state index is 11.6. The van der Waals surface area contributed by atoms with E-state index in [1.807, 2.05) is 6.20 Å². The summed E-state index contributed by atoms with van der Waals surface area (Å²) in [4.78, 5) is 4.53. The van der Waals surface area contributed by atoms with E-state index < -0.39 is 9.84 Å². The number of imidazole rings is 1. The highest BCUT2D eigenvalue weighted by Gasteiger charge is 2.11. The molecule has 114 valence electrons. The van der Waals surface area contributed by atoms with Crippen LogP contribution in [0.3, 0.4) is 0 Å². The second kappa shape index (κ2) is 6.49. The molecule has 0 spiro atoms. The molecule has 0 aliphatic rings. The van der Waals surface area contributed by atoms with E-state index in [-0.39, 0.29) is 4.90 Å². The first-order valence-electron chi connectivity index (χ1n) is 6.65. The average molecular weight is 328 g/mol. The van der Waals surface area contributed by atoms with Crippen LogP contribution in [-0.2, 0) is 22.9 Å². The normalized spacial score (nSPS) is 11.6. The Labute approximate surface area is 129 Å². The summed E-state index contributed by atoms with van der Waals surface area (Å²) in [5.74, 6) is 0.887. The summed E-state index contributed by atoms with van der Waals surface area (Å²) in [5.41, 5.74) is 0.589. The summed E-state index contributed by atoms with van der Waals surface area (Å²) in [6.45, 7) is 3.48. The number of nitrogens with one attached hydrogen (secondary N) is 1. The number of hydrogen-bond acceptors (Lipinski definition) is 4. The topological polar surface area (TPSA) is 64.0 Å². The Balaban J connectivity index is 2.18. The molecule has 0 unspecified atom stereocenters. The van der Waals surface area contributed by atoms with Crippen LogP contribution in [0.25, 0.3) is 0 Å². The molecule has 0 radical (unpaired) electrons. The Hall–Kier alpha value is -1.53. The van der Waals surface area contributed by atoms with E-state index in [1.54, 1.807) is 18.3 Å². The third-order valence-electron chi connectivity index (χ3n) is 3.07. The van der Waals surface area contributed by atoms with Gasteiger partial charge >= 0.3 is 0 Å². The Morgan fingerprint density at radius 3 is 2.81 bits per heavy atom. The summed E-state index contributed by atoms with van der Waals surface area (Å²) < 4.78 is 25.2. The fourth-order valence-electron chi connectivity index (χ4n) is 2.00. The number of halogens is 1. The maximum Gasteiger partial charge on any atom is 0.175 e. The number of sulfone groups is 1. The molecule has 1 heterocycles. The van der Waals surface area contributed by atoms with Crippen molar-refractivity contribution in [2.45, 2.75) is 31.3 Å². The van der Waals surface area contributed by atoms with Crippen LogP contribution in [-0.4, -0.2) is 24.2 Å². The van der Waals surface area contributed by atoms with Gasteiger partial charge in [-0.15, -0.1) is 0 Å². The van der Waals surface area contributed by atoms with Crippen molar-refractivity contribution in [3.63, 3.8) is 0 Å². The van der Waals surface area contributed by atoms with Crippen LogP contribution < -0.4 is 5.32 Å². The molecule has 0 atom stereocenters. The molecule has 0 amide bonds. The summed E-state index contributed by atoms with van der Waals surface area (Å²) in [7, 11) is -3.25. The minimum Gasteiger partial charge on any atom is -0.377 e. The van der Waals surface area contributed by atoms with Crippen LogP contribution >= 0.6 is 11.6 Å². The van der Waals surface area contributed by atoms with Gasteiger partial charge in [-0.05, 0) is 24.6 Å². The Morgan fingerprint density at radius 2 is 2.14 bits per heavy atom. The molecular formula is C14H18ClN3O2S. The number of rotatable bonds is 6. The molecule has 2 rings (SSSR count). The van der Waals surface area contributed by atoms with E-state index in [0.29, 0.717) is 17.3 Å². The van der Waals surface area contributed by atoms with Gasteiger partial charge in [0.2, 0.25) is 0 Å². The lowest BCUT2D eigenvalue weighted by atomic mass is 10.3. The van der Waals surface area contributed by atoms with Gasteiger partial charge in [-0.3, -0.25) is 0 Å². The quantitative estimate of drug-likeness (QED) is 0.886. The molecule has 0 fully saturated rings. The summed E-state index contributed by atoms with van der Waals surface area (Å²) in [5, 5.41) is 3.63. The van der Waals surface area contributed by atoms with Crippen LogP contribution in [0, 0.1) is 0 Å². The van der Waals surface area contributed by atoms with Gasteiger partial charge in [0.15, 0.2) is 9.84 Å². The standard InChI is InChI=1S/C14H18ClN3O2S/c1-3-7-18-8-6-16-14(18)10-17-13-9-11(21(2,19)20)4-5-12(13)15/h4-6,8-9,17H,3,7,10H2,1-2H3. The Bertz CT molecular complexity index is 726. The lowest BCUT2D eigenvalue weighted by molar-refractivity contribution is 0.602. The first-order chi connectivity index (χ1) is 9.91. The lowest BCUT2D eigenvalue weighted by Gasteiger charge is -2.11. The molecule has 0 saturated heterocycles. The largest absolute Gasteiger partial charge is 0.377 e. The molecule has 0 saturated carbocycles. The van der Waals surface area contributed by atoms with Crippen molar-refractivity contribution in [2.75, 3.05) is 11.6 Å². The van der Waals surface area contributed by atoms with E-state index in [9.17, 15) is 8.42 Å². The van der Waals surface area contributed by atoms with Gasteiger partial charge in [0, 0.05) is 25.2 Å². The predicted molar refractivity (Wildman–Crippen MR) is 84.4 cm³/mol. The molecule has 0 bridgehead atoms. The van der Waals surface area contributed by atoms with E-state index in [4.69, 9.17) is 11.6 Å². The number of benzene rings is 1.